The van der Waals surface area contributed by atoms with Crippen molar-refractivity contribution in [3.8, 4) is 0 Å². The van der Waals surface area contributed by atoms with Gasteiger partial charge >= 0.3 is 0 Å². The van der Waals surface area contributed by atoms with Gasteiger partial charge in [0.05, 0.1) is 5.37 Å². The molecule has 3 rings (SSSR count). The Morgan fingerprint density at radius 2 is 1.81 bits per heavy atom. The van der Waals surface area contributed by atoms with Crippen molar-refractivity contribution < 1.29 is 14.0 Å². The molecule has 2 fully saturated rings. The van der Waals surface area contributed by atoms with Crippen molar-refractivity contribution in [2.75, 3.05) is 5.75 Å². The van der Waals surface area contributed by atoms with E-state index in [0.29, 0.717) is 17.2 Å². The maximum atomic E-state index is 13.2. The number of halogens is 1. The lowest BCUT2D eigenvalue weighted by Gasteiger charge is -2.35. The molecule has 1 aromatic carbocycles. The number of rotatable bonds is 4. The van der Waals surface area contributed by atoms with Gasteiger partial charge in [0.25, 0.3) is 5.91 Å². The summed E-state index contributed by atoms with van der Waals surface area (Å²) in [6.07, 6.45) is 5.82. The minimum absolute atomic E-state index is 0.0239. The topological polar surface area (TPSA) is 49.4 Å². The normalized spacial score (nSPS) is 24.1. The van der Waals surface area contributed by atoms with E-state index in [1.54, 1.807) is 16.7 Å². The van der Waals surface area contributed by atoms with Gasteiger partial charge in [-0.05, 0) is 56.9 Å². The summed E-state index contributed by atoms with van der Waals surface area (Å²) in [5.74, 6) is 0.410. The maximum Gasteiger partial charge on any atom is 0.255 e. The molecule has 0 radical (unpaired) electrons. The van der Waals surface area contributed by atoms with E-state index in [-0.39, 0.29) is 29.0 Å². The second kappa shape index (κ2) is 8.42. The van der Waals surface area contributed by atoms with E-state index in [9.17, 15) is 14.0 Å². The van der Waals surface area contributed by atoms with Crippen molar-refractivity contribution in [3.05, 3.63) is 35.6 Å². The molecule has 4 nitrogen and oxygen atoms in total. The van der Waals surface area contributed by atoms with Crippen molar-refractivity contribution in [1.82, 2.24) is 10.2 Å². The molecule has 0 bridgehead atoms. The maximum absolute atomic E-state index is 13.2. The van der Waals surface area contributed by atoms with Crippen LogP contribution < -0.4 is 5.32 Å². The molecule has 1 N–H and O–H groups in total. The Hall–Kier alpha value is -1.56. The predicted molar refractivity (Wildman–Crippen MR) is 102 cm³/mol. The minimum Gasteiger partial charge on any atom is -0.352 e. The number of thioether (sulfide) groups is 1. The van der Waals surface area contributed by atoms with Crippen LogP contribution in [0.5, 0.6) is 0 Å². The van der Waals surface area contributed by atoms with Gasteiger partial charge in [-0.15, -0.1) is 11.8 Å². The Morgan fingerprint density at radius 1 is 1.15 bits per heavy atom. The molecule has 1 aliphatic heterocycles. The molecule has 2 aliphatic rings. The summed E-state index contributed by atoms with van der Waals surface area (Å²) >= 11 is 1.72. The summed E-state index contributed by atoms with van der Waals surface area (Å²) in [7, 11) is 0. The molecule has 1 aliphatic carbocycles. The van der Waals surface area contributed by atoms with Crippen molar-refractivity contribution >= 4 is 23.6 Å². The van der Waals surface area contributed by atoms with E-state index in [0.717, 1.165) is 12.8 Å². The van der Waals surface area contributed by atoms with Crippen LogP contribution in [0.15, 0.2) is 24.3 Å². The van der Waals surface area contributed by atoms with Crippen LogP contribution >= 0.6 is 11.8 Å². The zero-order valence-corrected chi connectivity index (χ0v) is 16.2. The summed E-state index contributed by atoms with van der Waals surface area (Å²) in [5, 5.41) is 2.97. The van der Waals surface area contributed by atoms with E-state index >= 15 is 0 Å². The van der Waals surface area contributed by atoms with Gasteiger partial charge in [0.1, 0.15) is 11.9 Å². The highest BCUT2D eigenvalue weighted by atomic mass is 32.2. The first-order valence-corrected chi connectivity index (χ1v) is 10.5. The number of amides is 2. The van der Waals surface area contributed by atoms with Gasteiger partial charge in [-0.2, -0.15) is 0 Å². The highest BCUT2D eigenvalue weighted by Gasteiger charge is 2.45. The van der Waals surface area contributed by atoms with Crippen LogP contribution in [0, 0.1) is 11.7 Å². The lowest BCUT2D eigenvalue weighted by atomic mass is 9.88. The highest BCUT2D eigenvalue weighted by molar-refractivity contribution is 8.00. The Morgan fingerprint density at radius 3 is 2.42 bits per heavy atom. The second-order valence-corrected chi connectivity index (χ2v) is 8.67. The molecule has 1 aromatic rings. The van der Waals surface area contributed by atoms with E-state index < -0.39 is 6.04 Å². The lowest BCUT2D eigenvalue weighted by molar-refractivity contribution is -0.125. The van der Waals surface area contributed by atoms with Crippen LogP contribution in [-0.4, -0.2) is 39.9 Å². The van der Waals surface area contributed by atoms with Crippen molar-refractivity contribution in [1.29, 1.82) is 0 Å². The summed E-state index contributed by atoms with van der Waals surface area (Å²) in [6.45, 7) is 3.84. The van der Waals surface area contributed by atoms with E-state index in [4.69, 9.17) is 0 Å². The quantitative estimate of drug-likeness (QED) is 0.867. The molecule has 2 amide bonds. The zero-order valence-electron chi connectivity index (χ0n) is 15.4. The fourth-order valence-electron chi connectivity index (χ4n) is 3.89. The van der Waals surface area contributed by atoms with Crippen LogP contribution in [0.3, 0.4) is 0 Å². The van der Waals surface area contributed by atoms with E-state index in [2.05, 4.69) is 5.32 Å². The molecule has 26 heavy (non-hydrogen) atoms. The second-order valence-electron chi connectivity index (χ2n) is 7.52. The average Bonchev–Trinajstić information content (AvgIpc) is 3.07. The SMILES string of the molecule is CC(C)NC(=O)C1CSC(C2CCCCC2)N1C(=O)c1ccc(F)cc1. The van der Waals surface area contributed by atoms with E-state index in [1.807, 2.05) is 13.8 Å². The smallest absolute Gasteiger partial charge is 0.255 e. The first-order chi connectivity index (χ1) is 12.5. The third-order valence-corrected chi connectivity index (χ3v) is 6.61. The molecule has 1 heterocycles. The van der Waals surface area contributed by atoms with Gasteiger partial charge < -0.3 is 10.2 Å². The van der Waals surface area contributed by atoms with Crippen molar-refractivity contribution in [3.63, 3.8) is 0 Å². The molecule has 2 atom stereocenters. The monoisotopic (exact) mass is 378 g/mol. The number of nitrogens with one attached hydrogen (secondary N) is 1. The van der Waals surface area contributed by atoms with Gasteiger partial charge in [0, 0.05) is 17.4 Å². The largest absolute Gasteiger partial charge is 0.352 e. The Kier molecular flexibility index (Phi) is 6.22. The Labute approximate surface area is 158 Å². The van der Waals surface area contributed by atoms with Crippen LogP contribution in [0.1, 0.15) is 56.3 Å². The van der Waals surface area contributed by atoms with Crippen LogP contribution in [0.25, 0.3) is 0 Å². The molecule has 142 valence electrons. The molecule has 6 heteroatoms. The molecule has 1 saturated carbocycles. The van der Waals surface area contributed by atoms with Gasteiger partial charge in [-0.25, -0.2) is 4.39 Å². The van der Waals surface area contributed by atoms with Gasteiger partial charge in [-0.3, -0.25) is 9.59 Å². The number of benzene rings is 1. The number of hydrogen-bond donors (Lipinski definition) is 1. The summed E-state index contributed by atoms with van der Waals surface area (Å²) in [4.78, 5) is 27.7. The fourth-order valence-corrected chi connectivity index (χ4v) is 5.53. The van der Waals surface area contributed by atoms with Crippen LogP contribution in [-0.2, 0) is 4.79 Å². The summed E-state index contributed by atoms with van der Waals surface area (Å²) in [5.41, 5.74) is 0.442. The number of nitrogens with zero attached hydrogens (tertiary/aromatic N) is 1. The van der Waals surface area contributed by atoms with Crippen LogP contribution in [0.2, 0.25) is 0 Å². The summed E-state index contributed by atoms with van der Waals surface area (Å²) < 4.78 is 13.2. The van der Waals surface area contributed by atoms with Crippen molar-refractivity contribution in [2.24, 2.45) is 5.92 Å². The molecule has 0 spiro atoms. The van der Waals surface area contributed by atoms with Crippen LogP contribution in [0.4, 0.5) is 4.39 Å². The molecular weight excluding hydrogens is 351 g/mol. The number of hydrogen-bond acceptors (Lipinski definition) is 3. The predicted octanol–water partition coefficient (Wildman–Crippen LogP) is 3.81. The van der Waals surface area contributed by atoms with Gasteiger partial charge in [-0.1, -0.05) is 19.3 Å². The third-order valence-electron chi connectivity index (χ3n) is 5.15. The molecule has 0 aromatic heterocycles. The Balaban J connectivity index is 1.86. The standard InChI is InChI=1S/C20H27FN2O2S/c1-13(2)22-18(24)17-12-26-20(15-6-4-3-5-7-15)23(17)19(25)14-8-10-16(21)11-9-14/h8-11,13,15,17,20H,3-7,12H2,1-2H3,(H,22,24). The number of carbonyl (C=O) groups excluding carboxylic acids is 2. The van der Waals surface area contributed by atoms with Crippen molar-refractivity contribution in [2.45, 2.75) is 63.4 Å². The number of carbonyl (C=O) groups is 2. The molecule has 2 unspecified atom stereocenters. The summed E-state index contributed by atoms with van der Waals surface area (Å²) in [6, 6.07) is 5.19. The highest BCUT2D eigenvalue weighted by Crippen LogP contribution is 2.41. The first-order valence-electron chi connectivity index (χ1n) is 9.47. The van der Waals surface area contributed by atoms with Gasteiger partial charge in [0.15, 0.2) is 0 Å². The van der Waals surface area contributed by atoms with Gasteiger partial charge in [0.2, 0.25) is 5.91 Å². The van der Waals surface area contributed by atoms with E-state index in [1.165, 1.54) is 43.5 Å². The molecule has 1 saturated heterocycles. The Bertz CT molecular complexity index is 644. The third kappa shape index (κ3) is 4.22. The lowest BCUT2D eigenvalue weighted by Crippen LogP contribution is -2.52. The minimum atomic E-state index is -0.466. The fraction of sp³-hybridized carbons (Fsp3) is 0.600. The zero-order chi connectivity index (χ0) is 18.7. The molecular formula is C20H27FN2O2S. The first kappa shape index (κ1) is 19.2. The average molecular weight is 379 g/mol.